The maximum Gasteiger partial charge on any atom is 0.0400 e. The lowest BCUT2D eigenvalue weighted by molar-refractivity contribution is 0.634. The van der Waals surface area contributed by atoms with E-state index < -0.39 is 0 Å². The van der Waals surface area contributed by atoms with Crippen LogP contribution in [0.4, 0.5) is 0 Å². The number of likely N-dealkylation sites (N-methyl/N-ethyl adjacent to an activating group) is 1. The van der Waals surface area contributed by atoms with Gasteiger partial charge in [0.15, 0.2) is 0 Å². The molecule has 0 spiro atoms. The lowest BCUT2D eigenvalue weighted by Gasteiger charge is -2.29. The van der Waals surface area contributed by atoms with Gasteiger partial charge in [0, 0.05) is 28.6 Å². The zero-order valence-corrected chi connectivity index (χ0v) is 9.43. The van der Waals surface area contributed by atoms with E-state index in [-0.39, 0.29) is 0 Å². The minimum absolute atomic E-state index is 0.503. The zero-order chi connectivity index (χ0) is 8.97. The number of rotatable bonds is 3. The van der Waals surface area contributed by atoms with Gasteiger partial charge in [-0.15, -0.1) is 0 Å². The van der Waals surface area contributed by atoms with Crippen molar-refractivity contribution in [1.82, 2.24) is 5.32 Å². The van der Waals surface area contributed by atoms with E-state index in [2.05, 4.69) is 42.3 Å². The molecular weight excluding hydrogens is 186 g/mol. The Morgan fingerprint density at radius 3 is 2.75 bits per heavy atom. The minimum Gasteiger partial charge on any atom is -0.312 e. The fraction of sp³-hybridized carbons (Fsp3) is 0.778. The van der Waals surface area contributed by atoms with Crippen LogP contribution in [0.25, 0.3) is 0 Å². The highest BCUT2D eigenvalue weighted by Crippen LogP contribution is 2.28. The Kier molecular flexibility index (Phi) is 4.54. The molecule has 0 radical (unpaired) electrons. The van der Waals surface area contributed by atoms with Crippen molar-refractivity contribution in [2.45, 2.75) is 18.2 Å². The first kappa shape index (κ1) is 10.5. The van der Waals surface area contributed by atoms with Gasteiger partial charge in [-0.2, -0.15) is 23.5 Å². The standard InChI is InChI=1S/C9H17NS2/c1-7(2)9(10-3)8-6-11-4-5-12-8/h8-10H,1,4-6H2,2-3H3. The lowest BCUT2D eigenvalue weighted by atomic mass is 10.1. The molecule has 1 aliphatic rings. The first-order valence-corrected chi connectivity index (χ1v) is 6.48. The summed E-state index contributed by atoms with van der Waals surface area (Å²) in [5.41, 5.74) is 1.26. The predicted octanol–water partition coefficient (Wildman–Crippen LogP) is 2.00. The van der Waals surface area contributed by atoms with E-state index in [9.17, 15) is 0 Å². The van der Waals surface area contributed by atoms with Crippen molar-refractivity contribution in [3.8, 4) is 0 Å². The molecule has 1 heterocycles. The van der Waals surface area contributed by atoms with Crippen molar-refractivity contribution in [2.75, 3.05) is 24.3 Å². The van der Waals surface area contributed by atoms with Crippen LogP contribution in [-0.2, 0) is 0 Å². The number of hydrogen-bond donors (Lipinski definition) is 1. The summed E-state index contributed by atoms with van der Waals surface area (Å²) in [6, 6.07) is 0.503. The largest absolute Gasteiger partial charge is 0.312 e. The zero-order valence-electron chi connectivity index (χ0n) is 7.80. The molecule has 1 fully saturated rings. The Labute approximate surface area is 83.8 Å². The fourth-order valence-corrected chi connectivity index (χ4v) is 4.43. The molecule has 0 saturated carbocycles. The molecule has 1 N–H and O–H groups in total. The first-order valence-electron chi connectivity index (χ1n) is 4.27. The van der Waals surface area contributed by atoms with Crippen LogP contribution in [0.15, 0.2) is 12.2 Å². The summed E-state index contributed by atoms with van der Waals surface area (Å²) in [6.07, 6.45) is 0. The third kappa shape index (κ3) is 2.71. The molecule has 0 aromatic carbocycles. The van der Waals surface area contributed by atoms with E-state index in [0.29, 0.717) is 6.04 Å². The minimum atomic E-state index is 0.503. The van der Waals surface area contributed by atoms with E-state index in [1.807, 2.05) is 7.05 Å². The van der Waals surface area contributed by atoms with Gasteiger partial charge < -0.3 is 5.32 Å². The van der Waals surface area contributed by atoms with Gasteiger partial charge in [0.05, 0.1) is 0 Å². The van der Waals surface area contributed by atoms with E-state index in [1.165, 1.54) is 22.8 Å². The van der Waals surface area contributed by atoms with Gasteiger partial charge in [-0.3, -0.25) is 0 Å². The van der Waals surface area contributed by atoms with Gasteiger partial charge in [-0.05, 0) is 14.0 Å². The molecule has 2 atom stereocenters. The average Bonchev–Trinajstić information content (AvgIpc) is 2.07. The van der Waals surface area contributed by atoms with Crippen LogP contribution >= 0.6 is 23.5 Å². The van der Waals surface area contributed by atoms with Gasteiger partial charge in [0.2, 0.25) is 0 Å². The van der Waals surface area contributed by atoms with Crippen molar-refractivity contribution < 1.29 is 0 Å². The lowest BCUT2D eigenvalue weighted by Crippen LogP contribution is -2.39. The Bertz CT molecular complexity index is 153. The molecule has 1 saturated heterocycles. The third-order valence-corrected chi connectivity index (χ3v) is 4.92. The highest BCUT2D eigenvalue weighted by atomic mass is 32.2. The summed E-state index contributed by atoms with van der Waals surface area (Å²) in [4.78, 5) is 0. The molecule has 2 unspecified atom stereocenters. The van der Waals surface area contributed by atoms with E-state index >= 15 is 0 Å². The van der Waals surface area contributed by atoms with Gasteiger partial charge in [0.1, 0.15) is 0 Å². The number of thioether (sulfide) groups is 2. The first-order chi connectivity index (χ1) is 5.75. The number of hydrogen-bond acceptors (Lipinski definition) is 3. The van der Waals surface area contributed by atoms with E-state index in [1.54, 1.807) is 0 Å². The molecule has 70 valence electrons. The van der Waals surface area contributed by atoms with Crippen molar-refractivity contribution in [3.63, 3.8) is 0 Å². The summed E-state index contributed by atoms with van der Waals surface area (Å²) in [6.45, 7) is 6.13. The molecule has 0 bridgehead atoms. The third-order valence-electron chi connectivity index (χ3n) is 2.06. The van der Waals surface area contributed by atoms with Gasteiger partial charge >= 0.3 is 0 Å². The highest BCUT2D eigenvalue weighted by molar-refractivity contribution is 8.06. The summed E-state index contributed by atoms with van der Waals surface area (Å²) in [5.74, 6) is 3.87. The molecule has 1 rings (SSSR count). The Hall–Kier alpha value is 0.400. The van der Waals surface area contributed by atoms with Gasteiger partial charge in [0.25, 0.3) is 0 Å². The molecule has 0 aromatic heterocycles. The monoisotopic (exact) mass is 203 g/mol. The maximum absolute atomic E-state index is 4.02. The number of nitrogens with one attached hydrogen (secondary N) is 1. The maximum atomic E-state index is 4.02. The van der Waals surface area contributed by atoms with Crippen molar-refractivity contribution in [3.05, 3.63) is 12.2 Å². The Morgan fingerprint density at radius 2 is 2.33 bits per heavy atom. The molecule has 0 aromatic rings. The van der Waals surface area contributed by atoms with Crippen LogP contribution < -0.4 is 5.32 Å². The van der Waals surface area contributed by atoms with Gasteiger partial charge in [-0.1, -0.05) is 12.2 Å². The van der Waals surface area contributed by atoms with Crippen LogP contribution in [0.2, 0.25) is 0 Å². The summed E-state index contributed by atoms with van der Waals surface area (Å²) >= 11 is 4.14. The average molecular weight is 203 g/mol. The Balaban J connectivity index is 2.46. The van der Waals surface area contributed by atoms with Crippen LogP contribution in [0.1, 0.15) is 6.92 Å². The molecule has 12 heavy (non-hydrogen) atoms. The normalized spacial score (nSPS) is 26.7. The van der Waals surface area contributed by atoms with Crippen LogP contribution in [0.5, 0.6) is 0 Å². The predicted molar refractivity (Wildman–Crippen MR) is 61.2 cm³/mol. The summed E-state index contributed by atoms with van der Waals surface area (Å²) < 4.78 is 0. The van der Waals surface area contributed by atoms with Gasteiger partial charge in [-0.25, -0.2) is 0 Å². The summed E-state index contributed by atoms with van der Waals surface area (Å²) in [7, 11) is 2.03. The van der Waals surface area contributed by atoms with E-state index in [0.717, 1.165) is 5.25 Å². The molecule has 1 aliphatic heterocycles. The quantitative estimate of drug-likeness (QED) is 0.705. The van der Waals surface area contributed by atoms with Crippen LogP contribution in [-0.4, -0.2) is 35.6 Å². The molecule has 1 nitrogen and oxygen atoms in total. The SMILES string of the molecule is C=C(C)C(NC)C1CSCCS1. The van der Waals surface area contributed by atoms with E-state index in [4.69, 9.17) is 0 Å². The fourth-order valence-electron chi connectivity index (χ4n) is 1.45. The second-order valence-electron chi connectivity index (χ2n) is 3.10. The highest BCUT2D eigenvalue weighted by Gasteiger charge is 2.23. The second-order valence-corrected chi connectivity index (χ2v) is 5.59. The van der Waals surface area contributed by atoms with Crippen LogP contribution in [0, 0.1) is 0 Å². The van der Waals surface area contributed by atoms with Crippen molar-refractivity contribution in [2.24, 2.45) is 0 Å². The van der Waals surface area contributed by atoms with Crippen molar-refractivity contribution >= 4 is 23.5 Å². The topological polar surface area (TPSA) is 12.0 Å². The molecular formula is C9H17NS2. The van der Waals surface area contributed by atoms with Crippen LogP contribution in [0.3, 0.4) is 0 Å². The second kappa shape index (κ2) is 5.20. The smallest absolute Gasteiger partial charge is 0.0400 e. The Morgan fingerprint density at radius 1 is 1.58 bits per heavy atom. The van der Waals surface area contributed by atoms with Crippen molar-refractivity contribution in [1.29, 1.82) is 0 Å². The molecule has 0 aliphatic carbocycles. The molecule has 0 amide bonds. The molecule has 3 heteroatoms. The summed E-state index contributed by atoms with van der Waals surface area (Å²) in [5, 5.41) is 4.07.